The Morgan fingerprint density at radius 3 is 2.55 bits per heavy atom. The zero-order valence-corrected chi connectivity index (χ0v) is 16.3. The predicted octanol–water partition coefficient (Wildman–Crippen LogP) is 2.83. The molecular formula is C17H29IN4. The summed E-state index contributed by atoms with van der Waals surface area (Å²) in [7, 11) is 3.65. The number of hydrogen-bond donors (Lipinski definition) is 2. The first-order valence-corrected chi connectivity index (χ1v) is 7.90. The van der Waals surface area contributed by atoms with Crippen LogP contribution in [0, 0.1) is 5.92 Å². The monoisotopic (exact) mass is 416 g/mol. The maximum absolute atomic E-state index is 4.11. The van der Waals surface area contributed by atoms with Crippen LogP contribution < -0.4 is 10.6 Å². The Morgan fingerprint density at radius 1 is 1.27 bits per heavy atom. The summed E-state index contributed by atoms with van der Waals surface area (Å²) >= 11 is 0. The summed E-state index contributed by atoms with van der Waals surface area (Å²) in [4.78, 5) is 6.69. The van der Waals surface area contributed by atoms with E-state index in [1.165, 1.54) is 37.1 Å². The van der Waals surface area contributed by atoms with Crippen molar-refractivity contribution in [2.75, 3.05) is 27.2 Å². The number of piperidine rings is 1. The molecule has 0 aromatic heterocycles. The van der Waals surface area contributed by atoms with Gasteiger partial charge in [-0.05, 0) is 36.4 Å². The van der Waals surface area contributed by atoms with Gasteiger partial charge in [0, 0.05) is 33.7 Å². The highest BCUT2D eigenvalue weighted by molar-refractivity contribution is 14.0. The zero-order valence-electron chi connectivity index (χ0n) is 13.9. The molecule has 0 saturated carbocycles. The van der Waals surface area contributed by atoms with E-state index in [4.69, 9.17) is 0 Å². The van der Waals surface area contributed by atoms with Crippen molar-refractivity contribution in [1.29, 1.82) is 0 Å². The maximum Gasteiger partial charge on any atom is 0.190 e. The van der Waals surface area contributed by atoms with E-state index >= 15 is 0 Å². The summed E-state index contributed by atoms with van der Waals surface area (Å²) in [6, 6.07) is 8.91. The highest BCUT2D eigenvalue weighted by Crippen LogP contribution is 2.18. The van der Waals surface area contributed by atoms with Gasteiger partial charge in [0.1, 0.15) is 0 Å². The maximum atomic E-state index is 4.11. The van der Waals surface area contributed by atoms with Crippen LogP contribution in [0.1, 0.15) is 30.9 Å². The fourth-order valence-electron chi connectivity index (χ4n) is 2.92. The van der Waals surface area contributed by atoms with Gasteiger partial charge in [-0.15, -0.1) is 24.0 Å². The van der Waals surface area contributed by atoms with Crippen molar-refractivity contribution in [1.82, 2.24) is 15.5 Å². The van der Waals surface area contributed by atoms with Crippen LogP contribution in [0.4, 0.5) is 0 Å². The van der Waals surface area contributed by atoms with Crippen molar-refractivity contribution < 1.29 is 0 Å². The Balaban J connectivity index is 0.00000242. The molecule has 0 spiro atoms. The van der Waals surface area contributed by atoms with Crippen molar-refractivity contribution >= 4 is 29.9 Å². The first kappa shape index (κ1) is 19.2. The minimum absolute atomic E-state index is 0. The van der Waals surface area contributed by atoms with E-state index in [0.29, 0.717) is 0 Å². The zero-order chi connectivity index (χ0) is 15.1. The third-order valence-electron chi connectivity index (χ3n) is 4.09. The lowest BCUT2D eigenvalue weighted by atomic mass is 9.99. The Kier molecular flexibility index (Phi) is 8.78. The SMILES string of the molecule is CN=C(NC)NCc1ccc(CN2CCCC(C)C2)cc1.I. The van der Waals surface area contributed by atoms with Gasteiger partial charge in [-0.3, -0.25) is 9.89 Å². The lowest BCUT2D eigenvalue weighted by Gasteiger charge is -2.30. The molecule has 1 aliphatic heterocycles. The summed E-state index contributed by atoms with van der Waals surface area (Å²) in [6.45, 7) is 6.72. The molecule has 1 aromatic rings. The second-order valence-corrected chi connectivity index (χ2v) is 5.97. The largest absolute Gasteiger partial charge is 0.359 e. The lowest BCUT2D eigenvalue weighted by Crippen LogP contribution is -2.34. The number of rotatable bonds is 4. The minimum Gasteiger partial charge on any atom is -0.359 e. The molecule has 1 unspecified atom stereocenters. The third kappa shape index (κ3) is 6.12. The van der Waals surface area contributed by atoms with E-state index in [0.717, 1.165) is 25.0 Å². The van der Waals surface area contributed by atoms with Gasteiger partial charge in [-0.1, -0.05) is 31.2 Å². The molecule has 0 amide bonds. The van der Waals surface area contributed by atoms with Crippen LogP contribution in [0.3, 0.4) is 0 Å². The molecule has 0 bridgehead atoms. The fraction of sp³-hybridized carbons (Fsp3) is 0.588. The molecule has 1 saturated heterocycles. The number of aliphatic imine (C=N–C) groups is 1. The van der Waals surface area contributed by atoms with Crippen LogP contribution in [0.25, 0.3) is 0 Å². The summed E-state index contributed by atoms with van der Waals surface area (Å²) in [5.74, 6) is 1.66. The molecule has 4 nitrogen and oxygen atoms in total. The summed E-state index contributed by atoms with van der Waals surface area (Å²) < 4.78 is 0. The van der Waals surface area contributed by atoms with E-state index in [9.17, 15) is 0 Å². The van der Waals surface area contributed by atoms with Gasteiger partial charge in [-0.25, -0.2) is 0 Å². The average Bonchev–Trinajstić information content (AvgIpc) is 2.50. The second kappa shape index (κ2) is 10.0. The van der Waals surface area contributed by atoms with Gasteiger partial charge in [0.05, 0.1) is 0 Å². The first-order chi connectivity index (χ1) is 10.2. The van der Waals surface area contributed by atoms with E-state index in [-0.39, 0.29) is 24.0 Å². The molecule has 1 aromatic carbocycles. The molecular weight excluding hydrogens is 387 g/mol. The number of guanidine groups is 1. The standard InChI is InChI=1S/C17H28N4.HI/c1-14-5-4-10-21(12-14)13-16-8-6-15(7-9-16)11-20-17(18-2)19-3;/h6-9,14H,4-5,10-13H2,1-3H3,(H2,18,19,20);1H. The quantitative estimate of drug-likeness (QED) is 0.451. The Morgan fingerprint density at radius 2 is 1.95 bits per heavy atom. The highest BCUT2D eigenvalue weighted by atomic mass is 127. The van der Waals surface area contributed by atoms with Crippen LogP contribution in [-0.2, 0) is 13.1 Å². The molecule has 1 aliphatic rings. The number of hydrogen-bond acceptors (Lipinski definition) is 2. The van der Waals surface area contributed by atoms with Crippen LogP contribution in [0.2, 0.25) is 0 Å². The van der Waals surface area contributed by atoms with E-state index in [1.54, 1.807) is 7.05 Å². The second-order valence-electron chi connectivity index (χ2n) is 5.97. The molecule has 1 atom stereocenters. The number of nitrogens with zero attached hydrogens (tertiary/aromatic N) is 2. The van der Waals surface area contributed by atoms with Gasteiger partial charge in [0.15, 0.2) is 5.96 Å². The number of benzene rings is 1. The van der Waals surface area contributed by atoms with Crippen LogP contribution >= 0.6 is 24.0 Å². The molecule has 124 valence electrons. The average molecular weight is 416 g/mol. The van der Waals surface area contributed by atoms with Crippen molar-refractivity contribution in [2.45, 2.75) is 32.9 Å². The fourth-order valence-corrected chi connectivity index (χ4v) is 2.92. The van der Waals surface area contributed by atoms with Crippen LogP contribution in [-0.4, -0.2) is 38.0 Å². The molecule has 22 heavy (non-hydrogen) atoms. The van der Waals surface area contributed by atoms with E-state index < -0.39 is 0 Å². The van der Waals surface area contributed by atoms with Crippen molar-refractivity contribution in [3.05, 3.63) is 35.4 Å². The molecule has 5 heteroatoms. The Bertz CT molecular complexity index is 458. The smallest absolute Gasteiger partial charge is 0.190 e. The molecule has 0 aliphatic carbocycles. The Hall–Kier alpha value is -0.820. The van der Waals surface area contributed by atoms with Crippen molar-refractivity contribution in [3.8, 4) is 0 Å². The van der Waals surface area contributed by atoms with Crippen LogP contribution in [0.5, 0.6) is 0 Å². The van der Waals surface area contributed by atoms with Gasteiger partial charge in [0.2, 0.25) is 0 Å². The van der Waals surface area contributed by atoms with Gasteiger partial charge in [0.25, 0.3) is 0 Å². The molecule has 2 N–H and O–H groups in total. The minimum atomic E-state index is 0. The third-order valence-corrected chi connectivity index (χ3v) is 4.09. The van der Waals surface area contributed by atoms with Gasteiger partial charge < -0.3 is 10.6 Å². The van der Waals surface area contributed by atoms with E-state index in [1.807, 2.05) is 7.05 Å². The van der Waals surface area contributed by atoms with Gasteiger partial charge in [-0.2, -0.15) is 0 Å². The van der Waals surface area contributed by atoms with Crippen LogP contribution in [0.15, 0.2) is 29.3 Å². The summed E-state index contributed by atoms with van der Waals surface area (Å²) in [6.07, 6.45) is 2.72. The summed E-state index contributed by atoms with van der Waals surface area (Å²) in [5, 5.41) is 6.29. The highest BCUT2D eigenvalue weighted by Gasteiger charge is 2.15. The summed E-state index contributed by atoms with van der Waals surface area (Å²) in [5.41, 5.74) is 2.69. The first-order valence-electron chi connectivity index (χ1n) is 7.90. The normalized spacial score (nSPS) is 19.4. The van der Waals surface area contributed by atoms with E-state index in [2.05, 4.69) is 51.7 Å². The number of halogens is 1. The number of nitrogens with one attached hydrogen (secondary N) is 2. The van der Waals surface area contributed by atoms with Crippen molar-refractivity contribution in [3.63, 3.8) is 0 Å². The molecule has 2 rings (SSSR count). The number of likely N-dealkylation sites (tertiary alicyclic amines) is 1. The van der Waals surface area contributed by atoms with Crippen molar-refractivity contribution in [2.24, 2.45) is 10.9 Å². The molecule has 1 fully saturated rings. The lowest BCUT2D eigenvalue weighted by molar-refractivity contribution is 0.176. The predicted molar refractivity (Wildman–Crippen MR) is 105 cm³/mol. The molecule has 1 heterocycles. The van der Waals surface area contributed by atoms with Gasteiger partial charge >= 0.3 is 0 Å². The topological polar surface area (TPSA) is 39.7 Å². The molecule has 0 radical (unpaired) electrons. The Labute approximate surface area is 151 Å².